The Bertz CT molecular complexity index is 400. The van der Waals surface area contributed by atoms with Crippen molar-refractivity contribution in [3.63, 3.8) is 0 Å². The van der Waals surface area contributed by atoms with Crippen LogP contribution < -0.4 is 5.73 Å². The normalized spacial score (nSPS) is 17.5. The van der Waals surface area contributed by atoms with E-state index in [0.717, 1.165) is 31.7 Å². The minimum atomic E-state index is 0.550. The molecule has 1 aliphatic heterocycles. The maximum absolute atomic E-state index is 6.12. The lowest BCUT2D eigenvalue weighted by molar-refractivity contribution is 0.305. The number of nitrogens with zero attached hydrogens (tertiary/aromatic N) is 2. The average molecular weight is 258 g/mol. The predicted octanol–water partition coefficient (Wildman–Crippen LogP) is 2.88. The van der Waals surface area contributed by atoms with E-state index >= 15 is 0 Å². The van der Waals surface area contributed by atoms with Crippen LogP contribution in [0.1, 0.15) is 25.5 Å². The molecule has 0 aliphatic carbocycles. The van der Waals surface area contributed by atoms with Crippen LogP contribution in [0.4, 0.5) is 5.13 Å². The molecule has 2 N–H and O–H groups in total. The Balaban J connectivity index is 2.15. The Morgan fingerprint density at radius 2 is 2.44 bits per heavy atom. The quantitative estimate of drug-likeness (QED) is 0.906. The molecule has 2 heterocycles. The summed E-state index contributed by atoms with van der Waals surface area (Å²) in [6.45, 7) is 5.41. The lowest BCUT2D eigenvalue weighted by Crippen LogP contribution is -2.30. The van der Waals surface area contributed by atoms with Gasteiger partial charge in [0.2, 0.25) is 0 Å². The topological polar surface area (TPSA) is 42.2 Å². The molecule has 0 saturated heterocycles. The summed E-state index contributed by atoms with van der Waals surface area (Å²) in [7, 11) is 0. The Morgan fingerprint density at radius 1 is 1.62 bits per heavy atom. The Hall–Kier alpha value is -0.580. The van der Waals surface area contributed by atoms with Crippen LogP contribution >= 0.6 is 22.9 Å². The third kappa shape index (κ3) is 2.56. The number of nitrogens with two attached hydrogens (primary N) is 1. The van der Waals surface area contributed by atoms with Crippen molar-refractivity contribution in [2.75, 3.05) is 25.4 Å². The van der Waals surface area contributed by atoms with Crippen molar-refractivity contribution >= 4 is 33.6 Å². The van der Waals surface area contributed by atoms with Crippen molar-refractivity contribution in [3.8, 4) is 0 Å². The van der Waals surface area contributed by atoms with Gasteiger partial charge in [0.15, 0.2) is 5.13 Å². The summed E-state index contributed by atoms with van der Waals surface area (Å²) in [5.41, 5.74) is 7.76. The minimum absolute atomic E-state index is 0.550. The molecular weight excluding hydrogens is 242 g/mol. The SMILES string of the molecule is CCCN1CCC=C(c2nc(N)sc2Cl)C1. The first-order chi connectivity index (χ1) is 7.70. The van der Waals surface area contributed by atoms with Gasteiger partial charge in [0.05, 0.1) is 5.69 Å². The lowest BCUT2D eigenvalue weighted by Gasteiger charge is -2.26. The number of aromatic nitrogens is 1. The second kappa shape index (κ2) is 5.17. The second-order valence-electron chi connectivity index (χ2n) is 3.97. The molecule has 0 amide bonds. The van der Waals surface area contributed by atoms with E-state index < -0.39 is 0 Å². The molecule has 0 radical (unpaired) electrons. The second-order valence-corrected chi connectivity index (χ2v) is 5.60. The van der Waals surface area contributed by atoms with Crippen molar-refractivity contribution in [3.05, 3.63) is 16.1 Å². The predicted molar refractivity (Wildman–Crippen MR) is 70.9 cm³/mol. The standard InChI is InChI=1S/C11H16ClN3S/c1-2-5-15-6-3-4-8(7-15)9-10(12)16-11(13)14-9/h4H,2-3,5-7H2,1H3,(H2,13,14). The largest absolute Gasteiger partial charge is 0.375 e. The van der Waals surface area contributed by atoms with Crippen LogP contribution in [0.5, 0.6) is 0 Å². The summed E-state index contributed by atoms with van der Waals surface area (Å²) in [6, 6.07) is 0. The number of halogens is 1. The van der Waals surface area contributed by atoms with E-state index in [0.29, 0.717) is 9.47 Å². The van der Waals surface area contributed by atoms with E-state index in [1.807, 2.05) is 0 Å². The van der Waals surface area contributed by atoms with Gasteiger partial charge in [-0.05, 0) is 25.0 Å². The van der Waals surface area contributed by atoms with Crippen molar-refractivity contribution < 1.29 is 0 Å². The minimum Gasteiger partial charge on any atom is -0.375 e. The maximum Gasteiger partial charge on any atom is 0.182 e. The summed E-state index contributed by atoms with van der Waals surface area (Å²) in [5.74, 6) is 0. The van der Waals surface area contributed by atoms with Crippen LogP contribution in [-0.2, 0) is 0 Å². The molecule has 1 aromatic heterocycles. The van der Waals surface area contributed by atoms with Crippen LogP contribution in [0.2, 0.25) is 4.34 Å². The maximum atomic E-state index is 6.12. The Labute approximate surface area is 105 Å². The zero-order valence-corrected chi connectivity index (χ0v) is 10.9. The first-order valence-electron chi connectivity index (χ1n) is 5.54. The van der Waals surface area contributed by atoms with E-state index in [-0.39, 0.29) is 0 Å². The molecule has 0 spiro atoms. The van der Waals surface area contributed by atoms with Crippen LogP contribution in [0.3, 0.4) is 0 Å². The molecule has 16 heavy (non-hydrogen) atoms. The number of rotatable bonds is 3. The van der Waals surface area contributed by atoms with E-state index in [1.165, 1.54) is 23.3 Å². The Kier molecular flexibility index (Phi) is 3.84. The van der Waals surface area contributed by atoms with Gasteiger partial charge in [-0.3, -0.25) is 4.90 Å². The van der Waals surface area contributed by atoms with E-state index in [1.54, 1.807) is 0 Å². The fourth-order valence-corrected chi connectivity index (χ4v) is 2.99. The summed E-state index contributed by atoms with van der Waals surface area (Å²) >= 11 is 7.47. The third-order valence-corrected chi connectivity index (χ3v) is 3.76. The molecule has 0 aromatic carbocycles. The van der Waals surface area contributed by atoms with Crippen LogP contribution in [0, 0.1) is 0 Å². The van der Waals surface area contributed by atoms with Crippen molar-refractivity contribution in [2.45, 2.75) is 19.8 Å². The van der Waals surface area contributed by atoms with Crippen LogP contribution in [0.25, 0.3) is 5.57 Å². The van der Waals surface area contributed by atoms with Crippen molar-refractivity contribution in [2.24, 2.45) is 0 Å². The molecule has 0 unspecified atom stereocenters. The van der Waals surface area contributed by atoms with Gasteiger partial charge in [-0.25, -0.2) is 4.98 Å². The fraction of sp³-hybridized carbons (Fsp3) is 0.545. The first-order valence-corrected chi connectivity index (χ1v) is 6.73. The van der Waals surface area contributed by atoms with Crippen LogP contribution in [-0.4, -0.2) is 29.5 Å². The van der Waals surface area contributed by atoms with Gasteiger partial charge < -0.3 is 5.73 Å². The first kappa shape index (κ1) is 11.9. The fourth-order valence-electron chi connectivity index (χ4n) is 2.00. The van der Waals surface area contributed by atoms with E-state index in [2.05, 4.69) is 22.9 Å². The van der Waals surface area contributed by atoms with Gasteiger partial charge >= 0.3 is 0 Å². The highest BCUT2D eigenvalue weighted by Crippen LogP contribution is 2.32. The van der Waals surface area contributed by atoms with E-state index in [4.69, 9.17) is 17.3 Å². The molecule has 1 aliphatic rings. The van der Waals surface area contributed by atoms with Gasteiger partial charge in [0.1, 0.15) is 4.34 Å². The lowest BCUT2D eigenvalue weighted by atomic mass is 10.1. The van der Waals surface area contributed by atoms with Crippen LogP contribution in [0.15, 0.2) is 6.08 Å². The summed E-state index contributed by atoms with van der Waals surface area (Å²) in [5, 5.41) is 0.550. The molecule has 0 saturated carbocycles. The number of thiazole rings is 1. The molecule has 3 nitrogen and oxygen atoms in total. The molecular formula is C11H16ClN3S. The molecule has 5 heteroatoms. The molecule has 0 fully saturated rings. The zero-order chi connectivity index (χ0) is 11.5. The van der Waals surface area contributed by atoms with Gasteiger partial charge in [0.25, 0.3) is 0 Å². The van der Waals surface area contributed by atoms with Crippen molar-refractivity contribution in [1.82, 2.24) is 9.88 Å². The van der Waals surface area contributed by atoms with E-state index in [9.17, 15) is 0 Å². The number of nitrogen functional groups attached to an aromatic ring is 1. The smallest absolute Gasteiger partial charge is 0.182 e. The zero-order valence-electron chi connectivity index (χ0n) is 9.37. The summed E-state index contributed by atoms with van der Waals surface area (Å²) < 4.78 is 0.710. The average Bonchev–Trinajstić information content (AvgIpc) is 2.59. The summed E-state index contributed by atoms with van der Waals surface area (Å²) in [4.78, 5) is 6.73. The van der Waals surface area contributed by atoms with Gasteiger partial charge in [-0.15, -0.1) is 0 Å². The van der Waals surface area contributed by atoms with Gasteiger partial charge in [-0.2, -0.15) is 0 Å². The summed E-state index contributed by atoms with van der Waals surface area (Å²) in [6.07, 6.45) is 4.48. The highest BCUT2D eigenvalue weighted by molar-refractivity contribution is 7.19. The third-order valence-electron chi connectivity index (χ3n) is 2.68. The molecule has 0 bridgehead atoms. The Morgan fingerprint density at radius 3 is 3.06 bits per heavy atom. The molecule has 0 atom stereocenters. The number of hydrogen-bond acceptors (Lipinski definition) is 4. The number of hydrogen-bond donors (Lipinski definition) is 1. The monoisotopic (exact) mass is 257 g/mol. The van der Waals surface area contributed by atoms with Crippen molar-refractivity contribution in [1.29, 1.82) is 0 Å². The van der Waals surface area contributed by atoms with Gasteiger partial charge in [-0.1, -0.05) is 35.9 Å². The molecule has 88 valence electrons. The highest BCUT2D eigenvalue weighted by Gasteiger charge is 2.18. The number of anilines is 1. The highest BCUT2D eigenvalue weighted by atomic mass is 35.5. The molecule has 2 rings (SSSR count). The van der Waals surface area contributed by atoms with Gasteiger partial charge in [0, 0.05) is 13.1 Å². The molecule has 1 aromatic rings.